The standard InChI is InChI=1S/C16H18FN5O2/c1-3-9(2)13-15(23)20-12-5-4-11(17)6-10(12)7-22(13)16(24)14-18-8-19-21-14/h4-6,8-9,13H,3,7H2,1-2H3,(H,20,23)(H,18,19,21). The zero-order valence-electron chi connectivity index (χ0n) is 13.4. The van der Waals surface area contributed by atoms with Crippen molar-refractivity contribution in [1.82, 2.24) is 20.1 Å². The van der Waals surface area contributed by atoms with E-state index in [1.165, 1.54) is 29.4 Å². The molecule has 1 aromatic heterocycles. The number of benzene rings is 1. The molecular weight excluding hydrogens is 313 g/mol. The summed E-state index contributed by atoms with van der Waals surface area (Å²) in [5.41, 5.74) is 1.06. The molecule has 3 rings (SSSR count). The minimum atomic E-state index is -0.678. The molecule has 2 atom stereocenters. The molecule has 1 aromatic carbocycles. The number of hydrogen-bond acceptors (Lipinski definition) is 4. The predicted molar refractivity (Wildman–Crippen MR) is 84.5 cm³/mol. The molecule has 2 aromatic rings. The Bertz CT molecular complexity index is 762. The molecule has 0 saturated heterocycles. The number of anilines is 1. The average Bonchev–Trinajstić information content (AvgIpc) is 3.05. The Kier molecular flexibility index (Phi) is 4.28. The minimum absolute atomic E-state index is 0.0518. The fourth-order valence-corrected chi connectivity index (χ4v) is 2.88. The second-order valence-electron chi connectivity index (χ2n) is 5.89. The summed E-state index contributed by atoms with van der Waals surface area (Å²) in [7, 11) is 0. The van der Waals surface area contributed by atoms with Crippen molar-refractivity contribution in [3.05, 3.63) is 41.7 Å². The van der Waals surface area contributed by atoms with Crippen LogP contribution >= 0.6 is 0 Å². The van der Waals surface area contributed by atoms with Crippen LogP contribution in [0.15, 0.2) is 24.5 Å². The maximum Gasteiger partial charge on any atom is 0.292 e. The van der Waals surface area contributed by atoms with Crippen molar-refractivity contribution < 1.29 is 14.0 Å². The van der Waals surface area contributed by atoms with Crippen molar-refractivity contribution in [3.63, 3.8) is 0 Å². The van der Waals surface area contributed by atoms with E-state index in [1.54, 1.807) is 0 Å². The molecule has 2 heterocycles. The molecule has 0 saturated carbocycles. The van der Waals surface area contributed by atoms with E-state index in [4.69, 9.17) is 0 Å². The average molecular weight is 331 g/mol. The van der Waals surface area contributed by atoms with Gasteiger partial charge in [0.2, 0.25) is 11.7 Å². The molecule has 1 aliphatic rings. The number of amides is 2. The molecule has 2 unspecified atom stereocenters. The molecule has 1 aliphatic heterocycles. The zero-order chi connectivity index (χ0) is 17.3. The summed E-state index contributed by atoms with van der Waals surface area (Å²) in [4.78, 5) is 30.8. The van der Waals surface area contributed by atoms with Gasteiger partial charge in [-0.15, -0.1) is 0 Å². The maximum atomic E-state index is 13.6. The van der Waals surface area contributed by atoms with Crippen LogP contribution in [-0.4, -0.2) is 37.9 Å². The quantitative estimate of drug-likeness (QED) is 0.899. The number of H-pyrrole nitrogens is 1. The lowest BCUT2D eigenvalue weighted by Gasteiger charge is -2.31. The van der Waals surface area contributed by atoms with Gasteiger partial charge in [-0.05, 0) is 29.7 Å². The second kappa shape index (κ2) is 6.38. The monoisotopic (exact) mass is 331 g/mol. The van der Waals surface area contributed by atoms with Crippen LogP contribution in [0.5, 0.6) is 0 Å². The predicted octanol–water partition coefficient (Wildman–Crippen LogP) is 1.95. The Hall–Kier alpha value is -2.77. The van der Waals surface area contributed by atoms with Gasteiger partial charge in [-0.3, -0.25) is 14.7 Å². The van der Waals surface area contributed by atoms with Gasteiger partial charge in [0, 0.05) is 12.2 Å². The maximum absolute atomic E-state index is 13.6. The summed E-state index contributed by atoms with van der Waals surface area (Å²) in [6.07, 6.45) is 1.94. The number of nitrogens with zero attached hydrogens (tertiary/aromatic N) is 3. The molecule has 126 valence electrons. The summed E-state index contributed by atoms with van der Waals surface area (Å²) in [6.45, 7) is 3.97. The first-order valence-corrected chi connectivity index (χ1v) is 7.77. The van der Waals surface area contributed by atoms with Gasteiger partial charge in [-0.1, -0.05) is 20.3 Å². The van der Waals surface area contributed by atoms with Crippen LogP contribution in [0, 0.1) is 11.7 Å². The fraction of sp³-hybridized carbons (Fsp3) is 0.375. The molecular formula is C16H18FN5O2. The Morgan fingerprint density at radius 1 is 1.50 bits per heavy atom. The van der Waals surface area contributed by atoms with E-state index in [1.807, 2.05) is 13.8 Å². The van der Waals surface area contributed by atoms with E-state index in [9.17, 15) is 14.0 Å². The Balaban J connectivity index is 2.05. The van der Waals surface area contributed by atoms with Gasteiger partial charge in [-0.25, -0.2) is 9.37 Å². The Morgan fingerprint density at radius 3 is 2.96 bits per heavy atom. The molecule has 8 heteroatoms. The molecule has 0 radical (unpaired) electrons. The van der Waals surface area contributed by atoms with Crippen LogP contribution in [0.25, 0.3) is 0 Å². The second-order valence-corrected chi connectivity index (χ2v) is 5.89. The summed E-state index contributed by atoms with van der Waals surface area (Å²) in [5.74, 6) is -1.17. The first-order valence-electron chi connectivity index (χ1n) is 7.77. The summed E-state index contributed by atoms with van der Waals surface area (Å²) in [6, 6.07) is 3.45. The first-order chi connectivity index (χ1) is 11.5. The van der Waals surface area contributed by atoms with Gasteiger partial charge in [0.1, 0.15) is 18.2 Å². The van der Waals surface area contributed by atoms with E-state index in [2.05, 4.69) is 20.5 Å². The van der Waals surface area contributed by atoms with Gasteiger partial charge in [0.25, 0.3) is 5.91 Å². The lowest BCUT2D eigenvalue weighted by molar-refractivity contribution is -0.122. The molecule has 0 fully saturated rings. The summed E-state index contributed by atoms with van der Waals surface area (Å²) in [5, 5.41) is 9.01. The third-order valence-electron chi connectivity index (χ3n) is 4.33. The lowest BCUT2D eigenvalue weighted by Crippen LogP contribution is -2.49. The number of aromatic nitrogens is 3. The van der Waals surface area contributed by atoms with Crippen molar-refractivity contribution >= 4 is 17.5 Å². The molecule has 7 nitrogen and oxygen atoms in total. The number of fused-ring (bicyclic) bond motifs is 1. The van der Waals surface area contributed by atoms with E-state index in [0.29, 0.717) is 17.7 Å². The number of carbonyl (C=O) groups is 2. The number of nitrogens with one attached hydrogen (secondary N) is 2. The molecule has 0 spiro atoms. The number of halogens is 1. The topological polar surface area (TPSA) is 91.0 Å². The molecule has 24 heavy (non-hydrogen) atoms. The highest BCUT2D eigenvalue weighted by Gasteiger charge is 2.37. The highest BCUT2D eigenvalue weighted by Crippen LogP contribution is 2.28. The normalized spacial score (nSPS) is 18.5. The summed E-state index contributed by atoms with van der Waals surface area (Å²) >= 11 is 0. The van der Waals surface area contributed by atoms with Gasteiger partial charge in [0.15, 0.2) is 0 Å². The van der Waals surface area contributed by atoms with Crippen molar-refractivity contribution in [2.24, 2.45) is 5.92 Å². The van der Waals surface area contributed by atoms with Gasteiger partial charge < -0.3 is 10.2 Å². The molecule has 0 bridgehead atoms. The third-order valence-corrected chi connectivity index (χ3v) is 4.33. The van der Waals surface area contributed by atoms with Gasteiger partial charge in [-0.2, -0.15) is 5.10 Å². The van der Waals surface area contributed by atoms with Crippen molar-refractivity contribution in [3.8, 4) is 0 Å². The SMILES string of the molecule is CCC(C)C1C(=O)Nc2ccc(F)cc2CN1C(=O)c1ncn[nH]1. The van der Waals surface area contributed by atoms with Crippen molar-refractivity contribution in [2.45, 2.75) is 32.9 Å². The number of carbonyl (C=O) groups excluding carboxylic acids is 2. The third kappa shape index (κ3) is 2.86. The number of rotatable bonds is 3. The van der Waals surface area contributed by atoms with Gasteiger partial charge in [0.05, 0.1) is 0 Å². The van der Waals surface area contributed by atoms with Crippen LogP contribution in [0.3, 0.4) is 0 Å². The van der Waals surface area contributed by atoms with Crippen molar-refractivity contribution in [2.75, 3.05) is 5.32 Å². The van der Waals surface area contributed by atoms with Crippen LogP contribution < -0.4 is 5.32 Å². The smallest absolute Gasteiger partial charge is 0.292 e. The van der Waals surface area contributed by atoms with Crippen LogP contribution in [-0.2, 0) is 11.3 Å². The minimum Gasteiger partial charge on any atom is -0.324 e. The highest BCUT2D eigenvalue weighted by molar-refractivity contribution is 6.01. The first kappa shape index (κ1) is 16.1. The Morgan fingerprint density at radius 2 is 2.29 bits per heavy atom. The number of aromatic amines is 1. The van der Waals surface area contributed by atoms with E-state index in [-0.39, 0.29) is 24.2 Å². The van der Waals surface area contributed by atoms with Crippen LogP contribution in [0.4, 0.5) is 10.1 Å². The molecule has 2 amide bonds. The Labute approximate surface area is 138 Å². The zero-order valence-corrected chi connectivity index (χ0v) is 13.4. The lowest BCUT2D eigenvalue weighted by atomic mass is 9.96. The van der Waals surface area contributed by atoms with E-state index in [0.717, 1.165) is 0 Å². The summed E-state index contributed by atoms with van der Waals surface area (Å²) < 4.78 is 13.6. The highest BCUT2D eigenvalue weighted by atomic mass is 19.1. The van der Waals surface area contributed by atoms with Crippen molar-refractivity contribution in [1.29, 1.82) is 0 Å². The van der Waals surface area contributed by atoms with Crippen LogP contribution in [0.1, 0.15) is 36.5 Å². The van der Waals surface area contributed by atoms with E-state index < -0.39 is 17.8 Å². The molecule has 2 N–H and O–H groups in total. The number of hydrogen-bond donors (Lipinski definition) is 2. The fourth-order valence-electron chi connectivity index (χ4n) is 2.88. The molecule has 0 aliphatic carbocycles. The largest absolute Gasteiger partial charge is 0.324 e. The van der Waals surface area contributed by atoms with Gasteiger partial charge >= 0.3 is 0 Å². The van der Waals surface area contributed by atoms with Crippen LogP contribution in [0.2, 0.25) is 0 Å². The van der Waals surface area contributed by atoms with E-state index >= 15 is 0 Å².